The van der Waals surface area contributed by atoms with Crippen LogP contribution >= 0.6 is 0 Å². The average Bonchev–Trinajstić information content (AvgIpc) is 3.01. The number of imidazole rings is 1. The van der Waals surface area contributed by atoms with Crippen LogP contribution in [0.4, 0.5) is 11.9 Å². The van der Waals surface area contributed by atoms with Crippen molar-refractivity contribution in [1.82, 2.24) is 19.5 Å². The maximum absolute atomic E-state index is 9.40. The highest BCUT2D eigenvalue weighted by Crippen LogP contribution is 2.21. The minimum atomic E-state index is 0.234. The van der Waals surface area contributed by atoms with Crippen molar-refractivity contribution >= 4 is 22.9 Å². The Balaban J connectivity index is 1.38. The fourth-order valence-corrected chi connectivity index (χ4v) is 3.00. The van der Waals surface area contributed by atoms with E-state index in [9.17, 15) is 5.11 Å². The van der Waals surface area contributed by atoms with Gasteiger partial charge in [-0.05, 0) is 48.9 Å². The summed E-state index contributed by atoms with van der Waals surface area (Å²) in [6.07, 6.45) is 2.58. The van der Waals surface area contributed by atoms with Crippen LogP contribution in [0.15, 0.2) is 60.8 Å². The number of para-hydroxylation sites is 2. The van der Waals surface area contributed by atoms with E-state index in [-0.39, 0.29) is 5.75 Å². The molecule has 0 saturated heterocycles. The summed E-state index contributed by atoms with van der Waals surface area (Å²) in [5.41, 5.74) is 9.71. The number of nitrogens with two attached hydrogens (primary N) is 1. The van der Waals surface area contributed by atoms with Crippen LogP contribution in [0.5, 0.6) is 5.75 Å². The molecule has 136 valence electrons. The van der Waals surface area contributed by atoms with E-state index >= 15 is 0 Å². The highest BCUT2D eigenvalue weighted by Gasteiger charge is 2.07. The van der Waals surface area contributed by atoms with Gasteiger partial charge in [0.05, 0.1) is 16.7 Å². The third kappa shape index (κ3) is 3.67. The molecule has 0 unspecified atom stereocenters. The zero-order chi connectivity index (χ0) is 18.6. The van der Waals surface area contributed by atoms with E-state index in [0.717, 1.165) is 35.3 Å². The van der Waals surface area contributed by atoms with Gasteiger partial charge in [0.1, 0.15) is 5.75 Å². The largest absolute Gasteiger partial charge is 0.508 e. The topological polar surface area (TPSA) is 102 Å². The quantitative estimate of drug-likeness (QED) is 0.456. The molecule has 0 aliphatic heterocycles. The number of rotatable bonds is 6. The number of fused-ring (bicyclic) bond motifs is 1. The summed E-state index contributed by atoms with van der Waals surface area (Å²) in [4.78, 5) is 13.2. The van der Waals surface area contributed by atoms with E-state index in [0.29, 0.717) is 18.4 Å². The highest BCUT2D eigenvalue weighted by atomic mass is 16.3. The Labute approximate surface area is 156 Å². The molecule has 2 aromatic heterocycles. The fourth-order valence-electron chi connectivity index (χ4n) is 3.00. The second-order valence-electron chi connectivity index (χ2n) is 6.20. The predicted octanol–water partition coefficient (Wildman–Crippen LogP) is 3.28. The third-order valence-electron chi connectivity index (χ3n) is 4.34. The van der Waals surface area contributed by atoms with E-state index in [2.05, 4.69) is 20.3 Å². The van der Waals surface area contributed by atoms with Crippen LogP contribution in [-0.4, -0.2) is 31.2 Å². The Morgan fingerprint density at radius 3 is 2.67 bits per heavy atom. The first kappa shape index (κ1) is 16.8. The zero-order valence-electron chi connectivity index (χ0n) is 14.7. The number of nitrogens with zero attached hydrogens (tertiary/aromatic N) is 4. The van der Waals surface area contributed by atoms with Crippen molar-refractivity contribution in [1.29, 1.82) is 0 Å². The molecule has 4 N–H and O–H groups in total. The van der Waals surface area contributed by atoms with Crippen LogP contribution in [-0.2, 0) is 6.54 Å². The molecular formula is C20H20N6O. The summed E-state index contributed by atoms with van der Waals surface area (Å²) in [6.45, 7) is 1.47. The Bertz CT molecular complexity index is 1060. The Hall–Kier alpha value is -3.61. The molecule has 0 saturated carbocycles. The van der Waals surface area contributed by atoms with E-state index in [1.807, 2.05) is 47.0 Å². The van der Waals surface area contributed by atoms with Gasteiger partial charge in [-0.2, -0.15) is 0 Å². The third-order valence-corrected chi connectivity index (χ3v) is 4.34. The van der Waals surface area contributed by atoms with E-state index in [1.165, 1.54) is 0 Å². The molecule has 0 radical (unpaired) electrons. The zero-order valence-corrected chi connectivity index (χ0v) is 14.7. The normalized spacial score (nSPS) is 11.0. The molecule has 27 heavy (non-hydrogen) atoms. The number of nitrogen functional groups attached to an aromatic ring is 1. The van der Waals surface area contributed by atoms with Crippen molar-refractivity contribution in [2.75, 3.05) is 17.6 Å². The smallest absolute Gasteiger partial charge is 0.223 e. The van der Waals surface area contributed by atoms with Gasteiger partial charge in [-0.15, -0.1) is 0 Å². The average molecular weight is 360 g/mol. The molecule has 0 bridgehead atoms. The van der Waals surface area contributed by atoms with Crippen LogP contribution in [0.3, 0.4) is 0 Å². The van der Waals surface area contributed by atoms with E-state index in [4.69, 9.17) is 5.73 Å². The summed E-state index contributed by atoms with van der Waals surface area (Å²) in [5, 5.41) is 12.7. The van der Waals surface area contributed by atoms with E-state index < -0.39 is 0 Å². The molecule has 0 aliphatic carbocycles. The van der Waals surface area contributed by atoms with Crippen LogP contribution in [0, 0.1) is 0 Å². The fraction of sp³-hybridized carbons (Fsp3) is 0.150. The lowest BCUT2D eigenvalue weighted by molar-refractivity contribution is 0.475. The maximum Gasteiger partial charge on any atom is 0.223 e. The van der Waals surface area contributed by atoms with Gasteiger partial charge >= 0.3 is 0 Å². The SMILES string of the molecule is Nc1nc2ccccc2n1CCCNc1nccc(-c2ccc(O)cc2)n1. The van der Waals surface area contributed by atoms with Crippen molar-refractivity contribution in [3.63, 3.8) is 0 Å². The minimum absolute atomic E-state index is 0.234. The van der Waals surface area contributed by atoms with E-state index in [1.54, 1.807) is 18.3 Å². The first-order valence-corrected chi connectivity index (χ1v) is 8.78. The first-order chi connectivity index (χ1) is 13.2. The lowest BCUT2D eigenvalue weighted by atomic mass is 10.1. The van der Waals surface area contributed by atoms with Gasteiger partial charge in [-0.3, -0.25) is 0 Å². The number of benzene rings is 2. The summed E-state index contributed by atoms with van der Waals surface area (Å²) in [5.74, 6) is 1.34. The highest BCUT2D eigenvalue weighted by molar-refractivity contribution is 5.78. The summed E-state index contributed by atoms with van der Waals surface area (Å²) >= 11 is 0. The van der Waals surface area contributed by atoms with Gasteiger partial charge in [0, 0.05) is 24.8 Å². The molecule has 4 aromatic rings. The van der Waals surface area contributed by atoms with Gasteiger partial charge in [0.15, 0.2) is 0 Å². The molecule has 7 nitrogen and oxygen atoms in total. The Morgan fingerprint density at radius 1 is 1.00 bits per heavy atom. The molecule has 2 aromatic carbocycles. The lowest BCUT2D eigenvalue weighted by Crippen LogP contribution is -2.10. The second kappa shape index (κ2) is 7.33. The first-order valence-electron chi connectivity index (χ1n) is 8.78. The Morgan fingerprint density at radius 2 is 1.81 bits per heavy atom. The van der Waals surface area contributed by atoms with Crippen LogP contribution in [0.25, 0.3) is 22.3 Å². The number of nitrogens with one attached hydrogen (secondary N) is 1. The van der Waals surface area contributed by atoms with Crippen molar-refractivity contribution in [2.24, 2.45) is 0 Å². The van der Waals surface area contributed by atoms with Crippen LogP contribution < -0.4 is 11.1 Å². The maximum atomic E-state index is 9.40. The molecule has 0 atom stereocenters. The number of phenols is 1. The summed E-state index contributed by atoms with van der Waals surface area (Å²) in [7, 11) is 0. The van der Waals surface area contributed by atoms with Crippen molar-refractivity contribution < 1.29 is 5.11 Å². The molecule has 0 fully saturated rings. The predicted molar refractivity (Wildman–Crippen MR) is 106 cm³/mol. The Kier molecular flexibility index (Phi) is 4.57. The number of aryl methyl sites for hydroxylation is 1. The standard InChI is InChI=1S/C20H20N6O/c21-19-24-17-4-1-2-5-18(17)26(19)13-3-11-22-20-23-12-10-16(25-20)14-6-8-15(27)9-7-14/h1-2,4-10,12,27H,3,11,13H2,(H2,21,24)(H,22,23,25). The minimum Gasteiger partial charge on any atom is -0.508 e. The number of hydrogen-bond acceptors (Lipinski definition) is 6. The van der Waals surface area contributed by atoms with Crippen molar-refractivity contribution in [3.8, 4) is 17.0 Å². The van der Waals surface area contributed by atoms with Gasteiger partial charge < -0.3 is 20.7 Å². The van der Waals surface area contributed by atoms with Crippen LogP contribution in [0.2, 0.25) is 0 Å². The summed E-state index contributed by atoms with van der Waals surface area (Å²) < 4.78 is 2.02. The molecule has 2 heterocycles. The second-order valence-corrected chi connectivity index (χ2v) is 6.20. The molecule has 7 heteroatoms. The van der Waals surface area contributed by atoms with Gasteiger partial charge in [0.25, 0.3) is 0 Å². The number of hydrogen-bond donors (Lipinski definition) is 3. The number of aromatic nitrogens is 4. The number of phenolic OH excluding ortho intramolecular Hbond substituents is 1. The van der Waals surface area contributed by atoms with Gasteiger partial charge in [-0.1, -0.05) is 12.1 Å². The molecule has 0 aliphatic rings. The van der Waals surface area contributed by atoms with Gasteiger partial charge in [-0.25, -0.2) is 15.0 Å². The molecule has 4 rings (SSSR count). The number of anilines is 2. The van der Waals surface area contributed by atoms with Crippen LogP contribution in [0.1, 0.15) is 6.42 Å². The summed E-state index contributed by atoms with van der Waals surface area (Å²) in [6, 6.07) is 16.7. The van der Waals surface area contributed by atoms with Gasteiger partial charge in [0.2, 0.25) is 11.9 Å². The monoisotopic (exact) mass is 360 g/mol. The molecule has 0 spiro atoms. The van der Waals surface area contributed by atoms with Crippen molar-refractivity contribution in [3.05, 3.63) is 60.8 Å². The number of aromatic hydroxyl groups is 1. The molecule has 0 amide bonds. The lowest BCUT2D eigenvalue weighted by Gasteiger charge is -2.09. The molecular weight excluding hydrogens is 340 g/mol. The van der Waals surface area contributed by atoms with Crippen molar-refractivity contribution in [2.45, 2.75) is 13.0 Å².